The van der Waals surface area contributed by atoms with E-state index in [1.165, 1.54) is 11.3 Å². The Bertz CT molecular complexity index is 1020. The highest BCUT2D eigenvalue weighted by molar-refractivity contribution is 7.16. The molecule has 1 amide bonds. The predicted octanol–water partition coefficient (Wildman–Crippen LogP) is 3.41. The Labute approximate surface area is 146 Å². The Morgan fingerprint density at radius 3 is 2.71 bits per heavy atom. The lowest BCUT2D eigenvalue weighted by atomic mass is 10.2. The van der Waals surface area contributed by atoms with Gasteiger partial charge >= 0.3 is 0 Å². The molecule has 0 saturated carbocycles. The SMILES string of the molecule is Cn1c(=NC(=O)c2cccc(Cl)c2)sc2cc3c(cc21)OCCO3. The fourth-order valence-electron chi connectivity index (χ4n) is 2.54. The molecule has 1 aliphatic rings. The van der Waals surface area contributed by atoms with E-state index in [1.807, 2.05) is 23.7 Å². The maximum Gasteiger partial charge on any atom is 0.279 e. The second kappa shape index (κ2) is 5.96. The lowest BCUT2D eigenvalue weighted by Crippen LogP contribution is -2.15. The van der Waals surface area contributed by atoms with Crippen molar-refractivity contribution < 1.29 is 14.3 Å². The molecular formula is C17H13ClN2O3S. The maximum atomic E-state index is 12.4. The van der Waals surface area contributed by atoms with Crippen LogP contribution in [0, 0.1) is 0 Å². The predicted molar refractivity (Wildman–Crippen MR) is 93.1 cm³/mol. The summed E-state index contributed by atoms with van der Waals surface area (Å²) in [5.41, 5.74) is 1.41. The molecule has 0 bridgehead atoms. The molecule has 0 atom stereocenters. The zero-order valence-corrected chi connectivity index (χ0v) is 14.4. The molecule has 0 unspecified atom stereocenters. The van der Waals surface area contributed by atoms with Gasteiger partial charge in [-0.25, -0.2) is 0 Å². The van der Waals surface area contributed by atoms with Crippen LogP contribution in [-0.4, -0.2) is 23.7 Å². The quantitative estimate of drug-likeness (QED) is 0.668. The van der Waals surface area contributed by atoms with Crippen molar-refractivity contribution in [2.24, 2.45) is 12.0 Å². The van der Waals surface area contributed by atoms with Crippen LogP contribution in [0.2, 0.25) is 5.02 Å². The Morgan fingerprint density at radius 2 is 1.96 bits per heavy atom. The Kier molecular flexibility index (Phi) is 3.78. The van der Waals surface area contributed by atoms with Gasteiger partial charge < -0.3 is 14.0 Å². The summed E-state index contributed by atoms with van der Waals surface area (Å²) in [6.07, 6.45) is 0. The van der Waals surface area contributed by atoms with E-state index in [9.17, 15) is 4.79 Å². The second-order valence-electron chi connectivity index (χ2n) is 5.33. The number of amides is 1. The minimum atomic E-state index is -0.322. The monoisotopic (exact) mass is 360 g/mol. The summed E-state index contributed by atoms with van der Waals surface area (Å²) in [5.74, 6) is 1.12. The number of carbonyl (C=O) groups excluding carboxylic acids is 1. The van der Waals surface area contributed by atoms with Gasteiger partial charge in [-0.15, -0.1) is 0 Å². The minimum Gasteiger partial charge on any atom is -0.486 e. The fraction of sp³-hybridized carbons (Fsp3) is 0.176. The first kappa shape index (κ1) is 15.2. The second-order valence-corrected chi connectivity index (χ2v) is 6.78. The number of nitrogens with zero attached hydrogens (tertiary/aromatic N) is 2. The molecule has 7 heteroatoms. The lowest BCUT2D eigenvalue weighted by molar-refractivity contribution is 0.0998. The fourth-order valence-corrected chi connectivity index (χ4v) is 3.76. The van der Waals surface area contributed by atoms with Gasteiger partial charge in [-0.3, -0.25) is 4.79 Å². The molecule has 1 aromatic heterocycles. The van der Waals surface area contributed by atoms with Crippen molar-refractivity contribution >= 4 is 39.1 Å². The summed E-state index contributed by atoms with van der Waals surface area (Å²) < 4.78 is 14.1. The van der Waals surface area contributed by atoms with E-state index < -0.39 is 0 Å². The van der Waals surface area contributed by atoms with E-state index in [0.29, 0.717) is 28.6 Å². The number of carbonyl (C=O) groups is 1. The zero-order chi connectivity index (χ0) is 16.7. The van der Waals surface area contributed by atoms with Gasteiger partial charge in [0.15, 0.2) is 16.3 Å². The number of hydrogen-bond donors (Lipinski definition) is 0. The summed E-state index contributed by atoms with van der Waals surface area (Å²) >= 11 is 7.37. The van der Waals surface area contributed by atoms with Crippen LogP contribution in [0.5, 0.6) is 11.5 Å². The number of aryl methyl sites for hydroxylation is 1. The van der Waals surface area contributed by atoms with Gasteiger partial charge in [0.25, 0.3) is 5.91 Å². The van der Waals surface area contributed by atoms with Gasteiger partial charge in [-0.2, -0.15) is 4.99 Å². The number of thiazole rings is 1. The van der Waals surface area contributed by atoms with Gasteiger partial charge in [0.2, 0.25) is 0 Å². The van der Waals surface area contributed by atoms with E-state index in [-0.39, 0.29) is 5.91 Å². The smallest absolute Gasteiger partial charge is 0.279 e. The largest absolute Gasteiger partial charge is 0.486 e. The molecule has 0 saturated heterocycles. The van der Waals surface area contributed by atoms with Crippen molar-refractivity contribution in [3.8, 4) is 11.5 Å². The summed E-state index contributed by atoms with van der Waals surface area (Å²) in [6.45, 7) is 1.08. The van der Waals surface area contributed by atoms with Gasteiger partial charge in [0.05, 0.1) is 10.2 Å². The van der Waals surface area contributed by atoms with Crippen LogP contribution in [0.25, 0.3) is 10.2 Å². The molecular weight excluding hydrogens is 348 g/mol. The molecule has 0 aliphatic carbocycles. The molecule has 4 rings (SSSR count). The Balaban J connectivity index is 1.82. The molecule has 24 heavy (non-hydrogen) atoms. The molecule has 5 nitrogen and oxygen atoms in total. The summed E-state index contributed by atoms with van der Waals surface area (Å²) in [5, 5.41) is 0.513. The first-order valence-electron chi connectivity index (χ1n) is 7.35. The van der Waals surface area contributed by atoms with Gasteiger partial charge in [-0.1, -0.05) is 29.0 Å². The van der Waals surface area contributed by atoms with Crippen LogP contribution in [0.1, 0.15) is 10.4 Å². The molecule has 0 radical (unpaired) electrons. The number of aromatic nitrogens is 1. The number of hydrogen-bond acceptors (Lipinski definition) is 4. The van der Waals surface area contributed by atoms with Crippen molar-refractivity contribution in [1.29, 1.82) is 0 Å². The third-order valence-electron chi connectivity index (χ3n) is 3.74. The number of benzene rings is 2. The minimum absolute atomic E-state index is 0.322. The third-order valence-corrected chi connectivity index (χ3v) is 5.07. The Hall–Kier alpha value is -2.31. The number of halogens is 1. The molecule has 0 N–H and O–H groups in total. The van der Waals surface area contributed by atoms with Crippen LogP contribution in [0.4, 0.5) is 0 Å². The van der Waals surface area contributed by atoms with Crippen LogP contribution in [-0.2, 0) is 7.05 Å². The van der Waals surface area contributed by atoms with E-state index in [4.69, 9.17) is 21.1 Å². The van der Waals surface area contributed by atoms with E-state index in [2.05, 4.69) is 4.99 Å². The van der Waals surface area contributed by atoms with Gasteiger partial charge in [0, 0.05) is 29.8 Å². The highest BCUT2D eigenvalue weighted by Crippen LogP contribution is 2.35. The van der Waals surface area contributed by atoms with Crippen LogP contribution in [0.15, 0.2) is 41.4 Å². The van der Waals surface area contributed by atoms with Crippen molar-refractivity contribution in [1.82, 2.24) is 4.57 Å². The van der Waals surface area contributed by atoms with Gasteiger partial charge in [-0.05, 0) is 18.2 Å². The van der Waals surface area contributed by atoms with Crippen molar-refractivity contribution in [3.05, 3.63) is 51.8 Å². The van der Waals surface area contributed by atoms with E-state index >= 15 is 0 Å². The first-order chi connectivity index (χ1) is 11.6. The summed E-state index contributed by atoms with van der Waals surface area (Å²) in [7, 11) is 1.87. The number of fused-ring (bicyclic) bond motifs is 2. The molecule has 0 spiro atoms. The zero-order valence-electron chi connectivity index (χ0n) is 12.8. The first-order valence-corrected chi connectivity index (χ1v) is 8.55. The maximum absolute atomic E-state index is 12.4. The number of ether oxygens (including phenoxy) is 2. The van der Waals surface area contributed by atoms with Crippen molar-refractivity contribution in [2.45, 2.75) is 0 Å². The van der Waals surface area contributed by atoms with Crippen molar-refractivity contribution in [2.75, 3.05) is 13.2 Å². The lowest BCUT2D eigenvalue weighted by Gasteiger charge is -2.18. The average Bonchev–Trinajstić information content (AvgIpc) is 2.88. The highest BCUT2D eigenvalue weighted by atomic mass is 35.5. The van der Waals surface area contributed by atoms with Crippen LogP contribution < -0.4 is 14.3 Å². The summed E-state index contributed by atoms with van der Waals surface area (Å²) in [6, 6.07) is 10.6. The van der Waals surface area contributed by atoms with Crippen LogP contribution in [0.3, 0.4) is 0 Å². The normalized spacial score (nSPS) is 14.2. The van der Waals surface area contributed by atoms with Gasteiger partial charge in [0.1, 0.15) is 13.2 Å². The standard InChI is InChI=1S/C17H13ClN2O3S/c1-20-12-8-13-14(23-6-5-22-13)9-15(12)24-17(20)19-16(21)10-3-2-4-11(18)7-10/h2-4,7-9H,5-6H2,1H3. The number of rotatable bonds is 1. The molecule has 0 fully saturated rings. The average molecular weight is 361 g/mol. The van der Waals surface area contributed by atoms with E-state index in [0.717, 1.165) is 21.7 Å². The molecule has 1 aliphatic heterocycles. The third kappa shape index (κ3) is 2.68. The topological polar surface area (TPSA) is 52.8 Å². The Morgan fingerprint density at radius 1 is 1.21 bits per heavy atom. The highest BCUT2D eigenvalue weighted by Gasteiger charge is 2.15. The summed E-state index contributed by atoms with van der Waals surface area (Å²) in [4.78, 5) is 17.2. The molecule has 122 valence electrons. The van der Waals surface area contributed by atoms with E-state index in [1.54, 1.807) is 24.3 Å². The molecule has 2 heterocycles. The molecule has 2 aromatic carbocycles. The van der Waals surface area contributed by atoms with Crippen molar-refractivity contribution in [3.63, 3.8) is 0 Å². The van der Waals surface area contributed by atoms with Crippen LogP contribution >= 0.6 is 22.9 Å². The molecule has 3 aromatic rings.